The minimum Gasteiger partial charge on any atom is -0.337 e. The van der Waals surface area contributed by atoms with E-state index in [0.717, 1.165) is 12.1 Å². The van der Waals surface area contributed by atoms with E-state index >= 15 is 0 Å². The molecule has 0 saturated carbocycles. The van der Waals surface area contributed by atoms with Crippen LogP contribution in [0.2, 0.25) is 0 Å². The SMILES string of the molecule is NNc1cc([N+](=O)[O-])cc(Nc2cc(F)cc(F)c2F)n1. The topological polar surface area (TPSA) is 106 Å². The molecule has 1 heterocycles. The number of pyridine rings is 1. The summed E-state index contributed by atoms with van der Waals surface area (Å²) in [7, 11) is 0. The van der Waals surface area contributed by atoms with E-state index in [1.807, 2.05) is 0 Å². The Hall–Kier alpha value is -2.88. The number of hydrogen-bond donors (Lipinski definition) is 3. The van der Waals surface area contributed by atoms with E-state index < -0.39 is 33.7 Å². The Labute approximate surface area is 115 Å². The Morgan fingerprint density at radius 1 is 1.14 bits per heavy atom. The molecule has 7 nitrogen and oxygen atoms in total. The molecule has 1 aromatic carbocycles. The average molecular weight is 299 g/mol. The zero-order chi connectivity index (χ0) is 15.6. The number of nitrogens with two attached hydrogens (primary N) is 1. The first-order valence-electron chi connectivity index (χ1n) is 5.45. The number of aromatic nitrogens is 1. The fourth-order valence-electron chi connectivity index (χ4n) is 1.54. The molecule has 10 heteroatoms. The monoisotopic (exact) mass is 299 g/mol. The van der Waals surface area contributed by atoms with Crippen molar-refractivity contribution < 1.29 is 18.1 Å². The van der Waals surface area contributed by atoms with Crippen LogP contribution in [0.25, 0.3) is 0 Å². The maximum Gasteiger partial charge on any atom is 0.276 e. The fraction of sp³-hybridized carbons (Fsp3) is 0. The van der Waals surface area contributed by atoms with Crippen LogP contribution in [0.5, 0.6) is 0 Å². The minimum absolute atomic E-state index is 0.0796. The lowest BCUT2D eigenvalue weighted by Gasteiger charge is -2.09. The number of halogens is 3. The Morgan fingerprint density at radius 2 is 1.81 bits per heavy atom. The van der Waals surface area contributed by atoms with Gasteiger partial charge in [0.05, 0.1) is 22.7 Å². The molecule has 4 N–H and O–H groups in total. The van der Waals surface area contributed by atoms with Gasteiger partial charge in [0.1, 0.15) is 17.5 Å². The minimum atomic E-state index is -1.40. The number of hydrogen-bond acceptors (Lipinski definition) is 6. The standard InChI is InChI=1S/C11H8F3N5O2/c12-5-1-7(13)11(14)8(2-5)16-9-3-6(19(20)21)4-10(17-9)18-15/h1-4H,15H2,(H2,16,17,18). The van der Waals surface area contributed by atoms with Gasteiger partial charge in [-0.3, -0.25) is 10.1 Å². The van der Waals surface area contributed by atoms with Gasteiger partial charge in [-0.15, -0.1) is 0 Å². The zero-order valence-electron chi connectivity index (χ0n) is 10.2. The lowest BCUT2D eigenvalue weighted by Crippen LogP contribution is -2.10. The molecule has 0 saturated heterocycles. The average Bonchev–Trinajstić information content (AvgIpc) is 2.43. The van der Waals surface area contributed by atoms with Gasteiger partial charge in [0, 0.05) is 12.1 Å². The van der Waals surface area contributed by atoms with Crippen LogP contribution < -0.4 is 16.6 Å². The molecule has 0 bridgehead atoms. The van der Waals surface area contributed by atoms with E-state index in [4.69, 9.17) is 5.84 Å². The second-order valence-corrected chi connectivity index (χ2v) is 3.87. The molecule has 0 amide bonds. The molecule has 0 fully saturated rings. The summed E-state index contributed by atoms with van der Waals surface area (Å²) >= 11 is 0. The molecule has 0 spiro atoms. The van der Waals surface area contributed by atoms with Crippen LogP contribution in [0.1, 0.15) is 0 Å². The molecule has 0 aliphatic heterocycles. The second kappa shape index (κ2) is 5.63. The second-order valence-electron chi connectivity index (χ2n) is 3.87. The summed E-state index contributed by atoms with van der Waals surface area (Å²) in [5.41, 5.74) is 1.15. The Morgan fingerprint density at radius 3 is 2.43 bits per heavy atom. The van der Waals surface area contributed by atoms with Crippen LogP contribution in [-0.4, -0.2) is 9.91 Å². The highest BCUT2D eigenvalue weighted by atomic mass is 19.2. The number of nitro groups is 1. The molecule has 1 aromatic heterocycles. The summed E-state index contributed by atoms with van der Waals surface area (Å²) in [5.74, 6) is 1.06. The maximum atomic E-state index is 13.5. The summed E-state index contributed by atoms with van der Waals surface area (Å²) in [5, 5.41) is 13.0. The van der Waals surface area contributed by atoms with Crippen LogP contribution >= 0.6 is 0 Å². The molecule has 0 aliphatic rings. The van der Waals surface area contributed by atoms with Crippen molar-refractivity contribution in [3.8, 4) is 0 Å². The van der Waals surface area contributed by atoms with Gasteiger partial charge in [-0.25, -0.2) is 24.0 Å². The quantitative estimate of drug-likeness (QED) is 0.346. The lowest BCUT2D eigenvalue weighted by molar-refractivity contribution is -0.384. The Kier molecular flexibility index (Phi) is 3.89. The predicted molar refractivity (Wildman–Crippen MR) is 68.3 cm³/mol. The van der Waals surface area contributed by atoms with Crippen molar-refractivity contribution in [1.82, 2.24) is 4.98 Å². The van der Waals surface area contributed by atoms with Crippen molar-refractivity contribution in [2.75, 3.05) is 10.7 Å². The fourth-order valence-corrected chi connectivity index (χ4v) is 1.54. The zero-order valence-corrected chi connectivity index (χ0v) is 10.2. The smallest absolute Gasteiger partial charge is 0.276 e. The van der Waals surface area contributed by atoms with Gasteiger partial charge < -0.3 is 10.7 Å². The first-order chi connectivity index (χ1) is 9.90. The van der Waals surface area contributed by atoms with E-state index in [0.29, 0.717) is 12.1 Å². The van der Waals surface area contributed by atoms with Gasteiger partial charge in [-0.2, -0.15) is 0 Å². The van der Waals surface area contributed by atoms with Gasteiger partial charge in [0.15, 0.2) is 11.6 Å². The van der Waals surface area contributed by atoms with E-state index in [-0.39, 0.29) is 11.6 Å². The van der Waals surface area contributed by atoms with Crippen molar-refractivity contribution in [3.63, 3.8) is 0 Å². The molecule has 2 rings (SSSR count). The largest absolute Gasteiger partial charge is 0.337 e. The number of nitrogen functional groups attached to an aromatic ring is 1. The number of nitrogens with one attached hydrogen (secondary N) is 2. The summed E-state index contributed by atoms with van der Waals surface area (Å²) < 4.78 is 39.6. The highest BCUT2D eigenvalue weighted by molar-refractivity contribution is 5.62. The third-order valence-electron chi connectivity index (χ3n) is 2.42. The molecule has 2 aromatic rings. The van der Waals surface area contributed by atoms with Crippen molar-refractivity contribution in [3.05, 3.63) is 51.8 Å². The van der Waals surface area contributed by atoms with Gasteiger partial charge in [0.25, 0.3) is 5.69 Å². The maximum absolute atomic E-state index is 13.5. The molecular formula is C11H8F3N5O2. The first-order valence-corrected chi connectivity index (χ1v) is 5.45. The lowest BCUT2D eigenvalue weighted by atomic mass is 10.2. The van der Waals surface area contributed by atoms with E-state index in [9.17, 15) is 23.3 Å². The van der Waals surface area contributed by atoms with E-state index in [2.05, 4.69) is 15.7 Å². The number of nitrogens with zero attached hydrogens (tertiary/aromatic N) is 2. The van der Waals surface area contributed by atoms with E-state index in [1.54, 1.807) is 0 Å². The highest BCUT2D eigenvalue weighted by Gasteiger charge is 2.15. The number of benzene rings is 1. The summed E-state index contributed by atoms with van der Waals surface area (Å²) in [6.45, 7) is 0. The van der Waals surface area contributed by atoms with Crippen LogP contribution in [0.3, 0.4) is 0 Å². The van der Waals surface area contributed by atoms with Crippen molar-refractivity contribution in [2.24, 2.45) is 5.84 Å². The third kappa shape index (κ3) is 3.17. The van der Waals surface area contributed by atoms with E-state index in [1.165, 1.54) is 0 Å². The molecule has 0 radical (unpaired) electrons. The van der Waals surface area contributed by atoms with Crippen LogP contribution in [0.15, 0.2) is 24.3 Å². The number of hydrazine groups is 1. The number of rotatable bonds is 4. The molecule has 0 unspecified atom stereocenters. The molecule has 21 heavy (non-hydrogen) atoms. The van der Waals surface area contributed by atoms with Gasteiger partial charge >= 0.3 is 0 Å². The van der Waals surface area contributed by atoms with Crippen molar-refractivity contribution in [1.29, 1.82) is 0 Å². The summed E-state index contributed by atoms with van der Waals surface area (Å²) in [6.07, 6.45) is 0. The predicted octanol–water partition coefficient (Wildman–Crippen LogP) is 2.44. The normalized spacial score (nSPS) is 10.3. The van der Waals surface area contributed by atoms with Gasteiger partial charge in [-0.05, 0) is 0 Å². The molecule has 110 valence electrons. The molecule has 0 atom stereocenters. The van der Waals surface area contributed by atoms with Crippen LogP contribution in [-0.2, 0) is 0 Å². The van der Waals surface area contributed by atoms with Crippen molar-refractivity contribution in [2.45, 2.75) is 0 Å². The summed E-state index contributed by atoms with van der Waals surface area (Å²) in [6, 6.07) is 3.06. The number of anilines is 3. The molecule has 0 aliphatic carbocycles. The van der Waals surface area contributed by atoms with Gasteiger partial charge in [-0.1, -0.05) is 0 Å². The summed E-state index contributed by atoms with van der Waals surface area (Å²) in [4.78, 5) is 13.8. The highest BCUT2D eigenvalue weighted by Crippen LogP contribution is 2.26. The third-order valence-corrected chi connectivity index (χ3v) is 2.42. The van der Waals surface area contributed by atoms with Crippen LogP contribution in [0.4, 0.5) is 36.2 Å². The Bertz CT molecular complexity index is 710. The van der Waals surface area contributed by atoms with Crippen molar-refractivity contribution >= 4 is 23.0 Å². The van der Waals surface area contributed by atoms with Crippen LogP contribution in [0, 0.1) is 27.6 Å². The molecular weight excluding hydrogens is 291 g/mol. The van der Waals surface area contributed by atoms with Gasteiger partial charge in [0.2, 0.25) is 0 Å². The Balaban J connectivity index is 2.44. The first kappa shape index (κ1) is 14.5.